The molecular formula is C19H19NO. The van der Waals surface area contributed by atoms with Crippen molar-refractivity contribution in [1.29, 1.82) is 0 Å². The molecule has 0 radical (unpaired) electrons. The van der Waals surface area contributed by atoms with Crippen molar-refractivity contribution in [2.24, 2.45) is 0 Å². The molecule has 2 aromatic rings. The van der Waals surface area contributed by atoms with E-state index >= 15 is 0 Å². The number of hydrogen-bond donors (Lipinski definition) is 0. The third kappa shape index (κ3) is 1.45. The van der Waals surface area contributed by atoms with Gasteiger partial charge in [0.25, 0.3) is 0 Å². The standard InChI is InChI=1S/C19H19NO/c1-12(21)14-10-11-19(2)17-15-7-5-4-6-13(15)8-9-16(17)20(3)18(14)19/h4-9H,10-11H2,1-3H3. The van der Waals surface area contributed by atoms with Crippen LogP contribution in [-0.2, 0) is 10.2 Å². The Kier molecular flexibility index (Phi) is 2.39. The molecule has 0 fully saturated rings. The molecule has 1 atom stereocenters. The van der Waals surface area contributed by atoms with Gasteiger partial charge in [0.15, 0.2) is 5.78 Å². The number of allylic oxidation sites excluding steroid dienone is 2. The minimum Gasteiger partial charge on any atom is -0.347 e. The summed E-state index contributed by atoms with van der Waals surface area (Å²) in [7, 11) is 2.10. The molecule has 2 aliphatic rings. The lowest BCUT2D eigenvalue weighted by Gasteiger charge is -2.24. The minimum atomic E-state index is -0.0219. The second-order valence-corrected chi connectivity index (χ2v) is 6.46. The van der Waals surface area contributed by atoms with Crippen LogP contribution in [0, 0.1) is 0 Å². The lowest BCUT2D eigenvalue weighted by atomic mass is 9.79. The smallest absolute Gasteiger partial charge is 0.157 e. The first-order valence-corrected chi connectivity index (χ1v) is 7.54. The van der Waals surface area contributed by atoms with Crippen molar-refractivity contribution < 1.29 is 4.79 Å². The normalized spacial score (nSPS) is 23.7. The number of benzene rings is 2. The first kappa shape index (κ1) is 12.6. The van der Waals surface area contributed by atoms with Crippen LogP contribution in [0.4, 0.5) is 5.69 Å². The van der Waals surface area contributed by atoms with Crippen molar-refractivity contribution in [3.63, 3.8) is 0 Å². The fourth-order valence-corrected chi connectivity index (χ4v) is 4.34. The molecule has 4 rings (SSSR count). The van der Waals surface area contributed by atoms with E-state index in [-0.39, 0.29) is 11.2 Å². The Bertz CT molecular complexity index is 817. The van der Waals surface area contributed by atoms with Crippen molar-refractivity contribution in [3.05, 3.63) is 53.2 Å². The number of Topliss-reactive ketones (excluding diaryl/α,β-unsaturated/α-hetero) is 1. The molecule has 2 aromatic carbocycles. The maximum Gasteiger partial charge on any atom is 0.157 e. The summed E-state index contributed by atoms with van der Waals surface area (Å²) in [6.07, 6.45) is 1.93. The number of hydrogen-bond acceptors (Lipinski definition) is 2. The Morgan fingerprint density at radius 2 is 1.95 bits per heavy atom. The molecule has 0 aromatic heterocycles. The number of rotatable bonds is 1. The van der Waals surface area contributed by atoms with Crippen molar-refractivity contribution in [2.75, 3.05) is 11.9 Å². The number of carbonyl (C=O) groups excluding carboxylic acids is 1. The SMILES string of the molecule is CC(=O)C1=C2N(C)c3ccc4ccccc4c3C2(C)CC1. The molecule has 2 nitrogen and oxygen atoms in total. The number of nitrogens with zero attached hydrogens (tertiary/aromatic N) is 1. The van der Waals surface area contributed by atoms with Gasteiger partial charge in [0.2, 0.25) is 0 Å². The highest BCUT2D eigenvalue weighted by Crippen LogP contribution is 2.57. The molecule has 106 valence electrons. The molecule has 0 spiro atoms. The van der Waals surface area contributed by atoms with E-state index in [1.807, 2.05) is 0 Å². The Balaban J connectivity index is 2.10. The Hall–Kier alpha value is -2.09. The lowest BCUT2D eigenvalue weighted by Crippen LogP contribution is -2.23. The van der Waals surface area contributed by atoms with Gasteiger partial charge in [-0.05, 0) is 49.1 Å². The van der Waals surface area contributed by atoms with E-state index in [0.29, 0.717) is 0 Å². The summed E-state index contributed by atoms with van der Waals surface area (Å²) in [5.74, 6) is 0.220. The zero-order valence-corrected chi connectivity index (χ0v) is 12.7. The van der Waals surface area contributed by atoms with Gasteiger partial charge in [-0.3, -0.25) is 4.79 Å². The van der Waals surface area contributed by atoms with Gasteiger partial charge in [0, 0.05) is 29.4 Å². The van der Waals surface area contributed by atoms with Crippen LogP contribution in [-0.4, -0.2) is 12.8 Å². The number of fused-ring (bicyclic) bond motifs is 5. The highest BCUT2D eigenvalue weighted by Gasteiger charge is 2.48. The first-order valence-electron chi connectivity index (χ1n) is 7.54. The van der Waals surface area contributed by atoms with Gasteiger partial charge in [0.05, 0.1) is 0 Å². The van der Waals surface area contributed by atoms with E-state index in [4.69, 9.17) is 0 Å². The van der Waals surface area contributed by atoms with E-state index < -0.39 is 0 Å². The average molecular weight is 277 g/mol. The lowest BCUT2D eigenvalue weighted by molar-refractivity contribution is -0.113. The molecule has 0 saturated heterocycles. The number of anilines is 1. The van der Waals surface area contributed by atoms with Crippen molar-refractivity contribution in [1.82, 2.24) is 0 Å². The van der Waals surface area contributed by atoms with Crippen LogP contribution in [0.15, 0.2) is 47.7 Å². The van der Waals surface area contributed by atoms with Crippen LogP contribution in [0.3, 0.4) is 0 Å². The van der Waals surface area contributed by atoms with E-state index in [0.717, 1.165) is 18.4 Å². The van der Waals surface area contributed by atoms with E-state index in [1.54, 1.807) is 6.92 Å². The zero-order chi connectivity index (χ0) is 14.8. The maximum absolute atomic E-state index is 12.0. The summed E-state index contributed by atoms with van der Waals surface area (Å²) in [5, 5.41) is 2.60. The summed E-state index contributed by atoms with van der Waals surface area (Å²) >= 11 is 0. The molecule has 0 amide bonds. The summed E-state index contributed by atoms with van der Waals surface area (Å²) in [6, 6.07) is 13.0. The van der Waals surface area contributed by atoms with Crippen LogP contribution in [0.25, 0.3) is 10.8 Å². The largest absolute Gasteiger partial charge is 0.347 e. The van der Waals surface area contributed by atoms with Crippen molar-refractivity contribution in [3.8, 4) is 0 Å². The van der Waals surface area contributed by atoms with Gasteiger partial charge in [0.1, 0.15) is 0 Å². The quantitative estimate of drug-likeness (QED) is 0.779. The number of ketones is 1. The first-order chi connectivity index (χ1) is 10.0. The topological polar surface area (TPSA) is 20.3 Å². The van der Waals surface area contributed by atoms with Crippen molar-refractivity contribution >= 4 is 22.2 Å². The molecule has 2 heteroatoms. The van der Waals surface area contributed by atoms with Gasteiger partial charge >= 0.3 is 0 Å². The van der Waals surface area contributed by atoms with E-state index in [2.05, 4.69) is 55.3 Å². The molecule has 0 N–H and O–H groups in total. The summed E-state index contributed by atoms with van der Waals surface area (Å²) in [5.41, 5.74) is 4.87. The molecule has 1 heterocycles. The molecular weight excluding hydrogens is 258 g/mol. The van der Waals surface area contributed by atoms with E-state index in [9.17, 15) is 4.79 Å². The van der Waals surface area contributed by atoms with Gasteiger partial charge in [-0.1, -0.05) is 30.3 Å². The summed E-state index contributed by atoms with van der Waals surface area (Å²) < 4.78 is 0. The molecule has 1 unspecified atom stereocenters. The van der Waals surface area contributed by atoms with Crippen LogP contribution in [0.2, 0.25) is 0 Å². The van der Waals surface area contributed by atoms with Crippen LogP contribution in [0.5, 0.6) is 0 Å². The van der Waals surface area contributed by atoms with Gasteiger partial charge < -0.3 is 4.90 Å². The third-order valence-electron chi connectivity index (χ3n) is 5.26. The maximum atomic E-state index is 12.0. The van der Waals surface area contributed by atoms with E-state index in [1.165, 1.54) is 27.7 Å². The highest BCUT2D eigenvalue weighted by molar-refractivity contribution is 6.00. The minimum absolute atomic E-state index is 0.0219. The predicted octanol–water partition coefficient (Wildman–Crippen LogP) is 4.18. The van der Waals surface area contributed by atoms with Crippen LogP contribution in [0.1, 0.15) is 32.3 Å². The fraction of sp³-hybridized carbons (Fsp3) is 0.316. The Labute approximate surface area is 125 Å². The zero-order valence-electron chi connectivity index (χ0n) is 12.7. The van der Waals surface area contributed by atoms with Crippen LogP contribution >= 0.6 is 0 Å². The van der Waals surface area contributed by atoms with Gasteiger partial charge in [-0.25, -0.2) is 0 Å². The molecule has 21 heavy (non-hydrogen) atoms. The fourth-order valence-electron chi connectivity index (χ4n) is 4.34. The molecule has 1 aliphatic heterocycles. The second kappa shape index (κ2) is 3.97. The van der Waals surface area contributed by atoms with Crippen molar-refractivity contribution in [2.45, 2.75) is 32.1 Å². The monoisotopic (exact) mass is 277 g/mol. The number of likely N-dealkylation sites (N-methyl/N-ethyl adjacent to an activating group) is 1. The molecule has 0 bridgehead atoms. The Morgan fingerprint density at radius 1 is 1.19 bits per heavy atom. The second-order valence-electron chi connectivity index (χ2n) is 6.46. The Morgan fingerprint density at radius 3 is 2.71 bits per heavy atom. The molecule has 0 saturated carbocycles. The number of carbonyl (C=O) groups is 1. The predicted molar refractivity (Wildman–Crippen MR) is 86.6 cm³/mol. The van der Waals surface area contributed by atoms with Gasteiger partial charge in [-0.15, -0.1) is 0 Å². The average Bonchev–Trinajstić information content (AvgIpc) is 2.93. The summed E-state index contributed by atoms with van der Waals surface area (Å²) in [6.45, 7) is 4.00. The third-order valence-corrected chi connectivity index (χ3v) is 5.26. The highest BCUT2D eigenvalue weighted by atomic mass is 16.1. The molecule has 1 aliphatic carbocycles. The van der Waals surface area contributed by atoms with Gasteiger partial charge in [-0.2, -0.15) is 0 Å². The van der Waals surface area contributed by atoms with Crippen LogP contribution < -0.4 is 4.90 Å². The summed E-state index contributed by atoms with van der Waals surface area (Å²) in [4.78, 5) is 14.2.